The molecule has 2 aromatic heterocycles. The summed E-state index contributed by atoms with van der Waals surface area (Å²) in [6.45, 7) is 1.19. The molecular weight excluding hydrogens is 430 g/mol. The third kappa shape index (κ3) is 3.93. The smallest absolute Gasteiger partial charge is 0.320 e. The van der Waals surface area contributed by atoms with Crippen molar-refractivity contribution in [3.8, 4) is 0 Å². The number of aromatic nitrogens is 3. The summed E-state index contributed by atoms with van der Waals surface area (Å²) >= 11 is 0. The molecule has 2 amide bonds. The second-order valence-electron chi connectivity index (χ2n) is 7.33. The Morgan fingerprint density at radius 3 is 2.56 bits per heavy atom. The van der Waals surface area contributed by atoms with Gasteiger partial charge in [-0.2, -0.15) is 18.3 Å². The quantitative estimate of drug-likeness (QED) is 0.607. The highest BCUT2D eigenvalue weighted by molar-refractivity contribution is 6.15. The lowest BCUT2D eigenvalue weighted by molar-refractivity contribution is -0.137. The minimum absolute atomic E-state index is 0.00996. The first-order chi connectivity index (χ1) is 15.2. The number of pyridine rings is 1. The molecule has 3 aromatic rings. The first kappa shape index (κ1) is 21.5. The van der Waals surface area contributed by atoms with Crippen molar-refractivity contribution in [3.05, 3.63) is 71.3 Å². The van der Waals surface area contributed by atoms with Crippen LogP contribution in [-0.4, -0.2) is 33.1 Å². The third-order valence-electron chi connectivity index (χ3n) is 5.07. The van der Waals surface area contributed by atoms with Crippen molar-refractivity contribution in [2.75, 3.05) is 16.8 Å². The van der Waals surface area contributed by atoms with Gasteiger partial charge in [-0.05, 0) is 37.3 Å². The van der Waals surface area contributed by atoms with Crippen molar-refractivity contribution in [1.82, 2.24) is 14.8 Å². The molecule has 0 fully saturated rings. The Labute approximate surface area is 179 Å². The zero-order valence-corrected chi connectivity index (χ0v) is 16.7. The second kappa shape index (κ2) is 8.06. The Balaban J connectivity index is 1.63. The van der Waals surface area contributed by atoms with Gasteiger partial charge in [-0.25, -0.2) is 4.39 Å². The van der Waals surface area contributed by atoms with Crippen LogP contribution in [-0.2, 0) is 12.9 Å². The van der Waals surface area contributed by atoms with Crippen molar-refractivity contribution in [2.45, 2.75) is 25.8 Å². The Morgan fingerprint density at radius 2 is 1.91 bits per heavy atom. The summed E-state index contributed by atoms with van der Waals surface area (Å²) in [5, 5.41) is 6.71. The standard InChI is InChI=1S/C21H17F4N5O2/c1-12-11-29(16-4-2-14(3-5-16)21(23,24)25)20(32)18-17(10-27-30(12)18)19(31)28-15-6-13(7-22)8-26-9-15/h2-6,8-10,12H,7,11H2,1H3,(H,28,31)/t12-/m0/s1. The fourth-order valence-corrected chi connectivity index (χ4v) is 3.51. The van der Waals surface area contributed by atoms with Crippen LogP contribution >= 0.6 is 0 Å². The van der Waals surface area contributed by atoms with Gasteiger partial charge in [-0.3, -0.25) is 19.3 Å². The number of halogens is 4. The number of carbonyl (C=O) groups is 2. The van der Waals surface area contributed by atoms with E-state index in [0.717, 1.165) is 12.1 Å². The van der Waals surface area contributed by atoms with Crippen LogP contribution in [0.5, 0.6) is 0 Å². The Hall–Kier alpha value is -3.76. The van der Waals surface area contributed by atoms with E-state index in [1.54, 1.807) is 6.92 Å². The molecule has 1 aromatic carbocycles. The van der Waals surface area contributed by atoms with Crippen LogP contribution in [0.4, 0.5) is 28.9 Å². The monoisotopic (exact) mass is 447 g/mol. The molecule has 4 rings (SSSR count). The Bertz CT molecular complexity index is 1170. The van der Waals surface area contributed by atoms with Gasteiger partial charge in [-0.1, -0.05) is 0 Å². The van der Waals surface area contributed by atoms with Gasteiger partial charge in [0, 0.05) is 24.0 Å². The van der Waals surface area contributed by atoms with E-state index in [-0.39, 0.29) is 40.8 Å². The normalized spacial score (nSPS) is 16.1. The molecule has 3 heterocycles. The largest absolute Gasteiger partial charge is 0.416 e. The molecule has 0 unspecified atom stereocenters. The Kier molecular flexibility index (Phi) is 5.41. The molecule has 0 spiro atoms. The van der Waals surface area contributed by atoms with Gasteiger partial charge in [0.2, 0.25) is 0 Å². The van der Waals surface area contributed by atoms with E-state index in [4.69, 9.17) is 0 Å². The van der Waals surface area contributed by atoms with Gasteiger partial charge in [0.15, 0.2) is 0 Å². The molecule has 11 heteroatoms. The van der Waals surface area contributed by atoms with Crippen molar-refractivity contribution in [1.29, 1.82) is 0 Å². The van der Waals surface area contributed by atoms with E-state index >= 15 is 0 Å². The van der Waals surface area contributed by atoms with Gasteiger partial charge in [0.25, 0.3) is 11.8 Å². The highest BCUT2D eigenvalue weighted by Crippen LogP contribution is 2.33. The molecular formula is C21H17F4N5O2. The first-order valence-corrected chi connectivity index (χ1v) is 9.57. The van der Waals surface area contributed by atoms with Crippen LogP contribution < -0.4 is 10.2 Å². The maximum absolute atomic E-state index is 13.2. The molecule has 166 valence electrons. The number of nitrogens with zero attached hydrogens (tertiary/aromatic N) is 4. The molecule has 0 saturated carbocycles. The van der Waals surface area contributed by atoms with Gasteiger partial charge < -0.3 is 10.2 Å². The Morgan fingerprint density at radius 1 is 1.19 bits per heavy atom. The van der Waals surface area contributed by atoms with Gasteiger partial charge >= 0.3 is 6.18 Å². The molecule has 1 aliphatic heterocycles. The van der Waals surface area contributed by atoms with E-state index in [1.807, 2.05) is 0 Å². The van der Waals surface area contributed by atoms with E-state index in [0.29, 0.717) is 0 Å². The average molecular weight is 447 g/mol. The molecule has 1 N–H and O–H groups in total. The van der Waals surface area contributed by atoms with Gasteiger partial charge in [-0.15, -0.1) is 0 Å². The number of benzene rings is 1. The lowest BCUT2D eigenvalue weighted by Crippen LogP contribution is -2.43. The number of nitrogens with one attached hydrogen (secondary N) is 1. The van der Waals surface area contributed by atoms with E-state index in [1.165, 1.54) is 46.4 Å². The van der Waals surface area contributed by atoms with Crippen LogP contribution in [0.25, 0.3) is 0 Å². The van der Waals surface area contributed by atoms with Crippen molar-refractivity contribution < 1.29 is 27.2 Å². The van der Waals surface area contributed by atoms with Gasteiger partial charge in [0.05, 0.1) is 35.2 Å². The molecule has 7 nitrogen and oxygen atoms in total. The number of anilines is 2. The lowest BCUT2D eigenvalue weighted by atomic mass is 10.1. The van der Waals surface area contributed by atoms with Crippen LogP contribution in [0.3, 0.4) is 0 Å². The minimum Gasteiger partial charge on any atom is -0.320 e. The summed E-state index contributed by atoms with van der Waals surface area (Å²) in [6, 6.07) is 5.32. The minimum atomic E-state index is -4.49. The van der Waals surface area contributed by atoms with Crippen LogP contribution in [0, 0.1) is 0 Å². The number of carbonyl (C=O) groups excluding carboxylic acids is 2. The fraction of sp³-hybridized carbons (Fsp3) is 0.238. The molecule has 0 radical (unpaired) electrons. The van der Waals surface area contributed by atoms with E-state index in [2.05, 4.69) is 15.4 Å². The predicted molar refractivity (Wildman–Crippen MR) is 107 cm³/mol. The lowest BCUT2D eigenvalue weighted by Gasteiger charge is -2.32. The number of amides is 2. The topological polar surface area (TPSA) is 80.1 Å². The summed E-state index contributed by atoms with van der Waals surface area (Å²) in [6.07, 6.45) is -0.575. The molecule has 1 atom stereocenters. The number of fused-ring (bicyclic) bond motifs is 1. The molecule has 0 aliphatic carbocycles. The number of rotatable bonds is 4. The molecule has 0 bridgehead atoms. The van der Waals surface area contributed by atoms with Crippen molar-refractivity contribution in [2.24, 2.45) is 0 Å². The van der Waals surface area contributed by atoms with Crippen molar-refractivity contribution in [3.63, 3.8) is 0 Å². The number of hydrogen-bond acceptors (Lipinski definition) is 4. The summed E-state index contributed by atoms with van der Waals surface area (Å²) in [7, 11) is 0. The highest BCUT2D eigenvalue weighted by Gasteiger charge is 2.36. The first-order valence-electron chi connectivity index (χ1n) is 9.57. The maximum Gasteiger partial charge on any atom is 0.416 e. The predicted octanol–water partition coefficient (Wildman–Crippen LogP) is 4.24. The van der Waals surface area contributed by atoms with Gasteiger partial charge in [0.1, 0.15) is 12.4 Å². The molecule has 32 heavy (non-hydrogen) atoms. The van der Waals surface area contributed by atoms with Crippen LogP contribution in [0.15, 0.2) is 48.9 Å². The summed E-state index contributed by atoms with van der Waals surface area (Å²) in [5.74, 6) is -1.21. The second-order valence-corrected chi connectivity index (χ2v) is 7.33. The maximum atomic E-state index is 13.2. The SMILES string of the molecule is C[C@H]1CN(c2ccc(C(F)(F)F)cc2)C(=O)c2c(C(=O)Nc3cncc(CF)c3)cnn21. The van der Waals surface area contributed by atoms with E-state index in [9.17, 15) is 27.2 Å². The van der Waals surface area contributed by atoms with Crippen molar-refractivity contribution >= 4 is 23.2 Å². The fourth-order valence-electron chi connectivity index (χ4n) is 3.51. The molecule has 0 saturated heterocycles. The summed E-state index contributed by atoms with van der Waals surface area (Å²) in [4.78, 5) is 31.2. The summed E-state index contributed by atoms with van der Waals surface area (Å²) in [5.41, 5.74) is -0.0274. The number of alkyl halides is 4. The van der Waals surface area contributed by atoms with Crippen LogP contribution in [0.1, 0.15) is 44.9 Å². The molecule has 1 aliphatic rings. The van der Waals surface area contributed by atoms with Crippen LogP contribution in [0.2, 0.25) is 0 Å². The third-order valence-corrected chi connectivity index (χ3v) is 5.07. The zero-order valence-electron chi connectivity index (χ0n) is 16.7. The zero-order chi connectivity index (χ0) is 23.0. The van der Waals surface area contributed by atoms with E-state index < -0.39 is 30.2 Å². The number of hydrogen-bond donors (Lipinski definition) is 1. The highest BCUT2D eigenvalue weighted by atomic mass is 19.4. The average Bonchev–Trinajstić information content (AvgIpc) is 3.22. The summed E-state index contributed by atoms with van der Waals surface area (Å²) < 4.78 is 52.8.